The Morgan fingerprint density at radius 3 is 1.75 bits per heavy atom. The van der Waals surface area contributed by atoms with E-state index in [9.17, 15) is 0 Å². The van der Waals surface area contributed by atoms with Gasteiger partial charge in [-0.2, -0.15) is 0 Å². The Morgan fingerprint density at radius 1 is 1.75 bits per heavy atom. The first-order chi connectivity index (χ1) is 1.41. The first kappa shape index (κ1) is 9.21. The van der Waals surface area contributed by atoms with Crippen LogP contribution in [0.25, 0.3) is 0 Å². The van der Waals surface area contributed by atoms with E-state index in [-0.39, 0.29) is 24.0 Å². The first-order valence-corrected chi connectivity index (χ1v) is 2.83. The van der Waals surface area contributed by atoms with Crippen molar-refractivity contribution >= 4 is 51.9 Å². The third-order valence-electron chi connectivity index (χ3n) is 0. The van der Waals surface area contributed by atoms with E-state index in [1.54, 1.807) is 0 Å². The molecular formula is C2H6INa. The molecule has 0 aliphatic heterocycles. The molecule has 0 unspecified atom stereocenters. The smallest absolute Gasteiger partial charge is 0.107 e. The molecule has 2 heteroatoms. The van der Waals surface area contributed by atoms with E-state index in [0.29, 0.717) is 0 Å². The Labute approximate surface area is 61.8 Å². The van der Waals surface area contributed by atoms with E-state index in [0.717, 1.165) is 0 Å². The van der Waals surface area contributed by atoms with Crippen molar-refractivity contribution in [3.8, 4) is 0 Å². The van der Waals surface area contributed by atoms with Gasteiger partial charge in [0.25, 0.3) is 0 Å². The maximum absolute atomic E-state index is 2.19. The standard InChI is InChI=1S/C2H5.HI.Na/c1-2;;/h1H2,2H3;1H;. The van der Waals surface area contributed by atoms with Crippen molar-refractivity contribution in [2.75, 3.05) is 0 Å². The minimum Gasteiger partial charge on any atom is -0.107 e. The molecule has 22 valence electrons. The summed E-state index contributed by atoms with van der Waals surface area (Å²) in [5.74, 6) is 0. The van der Waals surface area contributed by atoms with Gasteiger partial charge < -0.3 is 0 Å². The van der Waals surface area contributed by atoms with E-state index >= 15 is 0 Å². The minimum atomic E-state index is 0. The molecule has 0 atom stereocenters. The molecule has 0 aliphatic carbocycles. The molecule has 0 rings (SSSR count). The zero-order valence-electron chi connectivity index (χ0n) is 3.12. The van der Waals surface area contributed by atoms with E-state index in [4.69, 9.17) is 0 Å². The summed E-state index contributed by atoms with van der Waals surface area (Å²) in [6.45, 7) is 2.19. The summed E-state index contributed by atoms with van der Waals surface area (Å²) in [5.41, 5.74) is 0. The molecule has 0 nitrogen and oxygen atoms in total. The zero-order chi connectivity index (χ0) is 2.71. The van der Waals surface area contributed by atoms with Crippen LogP contribution in [0, 0.1) is 0 Å². The van der Waals surface area contributed by atoms with E-state index in [1.807, 2.05) is 0 Å². The molecule has 0 aliphatic rings. The average Bonchev–Trinajstić information content (AvgIpc) is 0.918. The summed E-state index contributed by atoms with van der Waals surface area (Å²) in [6, 6.07) is 0. The Balaban J connectivity index is 0. The maximum atomic E-state index is 2.19. The van der Waals surface area contributed by atoms with Crippen molar-refractivity contribution in [2.45, 2.75) is 10.6 Å². The molecule has 0 saturated carbocycles. The summed E-state index contributed by atoms with van der Waals surface area (Å²) in [6.07, 6.45) is 0. The van der Waals surface area contributed by atoms with Gasteiger partial charge in [0.2, 0.25) is 0 Å². The van der Waals surface area contributed by atoms with Crippen molar-refractivity contribution < 1.29 is 0 Å². The molecule has 0 saturated heterocycles. The molecule has 0 N–H and O–H groups in total. The third kappa shape index (κ3) is 9.29. The molecule has 0 bridgehead atoms. The molecule has 0 amide bonds. The van der Waals surface area contributed by atoms with Crippen LogP contribution in [0.2, 0.25) is 3.67 Å². The van der Waals surface area contributed by atoms with Crippen molar-refractivity contribution in [2.24, 2.45) is 0 Å². The number of hydrogen-bond acceptors (Lipinski definition) is 0. The van der Waals surface area contributed by atoms with Crippen LogP contribution in [0.1, 0.15) is 6.92 Å². The quantitative estimate of drug-likeness (QED) is 0.388. The number of rotatable bonds is 0. The van der Waals surface area contributed by atoms with Crippen LogP contribution >= 0.6 is 24.0 Å². The van der Waals surface area contributed by atoms with Crippen molar-refractivity contribution in [3.63, 3.8) is 0 Å². The summed E-state index contributed by atoms with van der Waals surface area (Å²) in [7, 11) is 0. The Bertz CT molecular complexity index is 6.00. The molecule has 0 aromatic carbocycles. The monoisotopic (exact) mass is 180 g/mol. The molecular weight excluding hydrogens is 174 g/mol. The van der Waals surface area contributed by atoms with Gasteiger partial charge >= 0.3 is 38.5 Å². The summed E-state index contributed by atoms with van der Waals surface area (Å²) < 4.78 is 1.39. The molecule has 4 heavy (non-hydrogen) atoms. The van der Waals surface area contributed by atoms with Gasteiger partial charge in [-0.25, -0.2) is 0 Å². The minimum absolute atomic E-state index is 0. The normalized spacial score (nSPS) is 4.75. The van der Waals surface area contributed by atoms with Crippen LogP contribution in [-0.2, 0) is 0 Å². The second-order valence-corrected chi connectivity index (χ2v) is 2.12. The van der Waals surface area contributed by atoms with E-state index < -0.39 is 0 Å². The molecule has 0 heterocycles. The fourth-order valence-electron chi connectivity index (χ4n) is 0. The number of hydrogen-bond donors (Lipinski definition) is 0. The second-order valence-electron chi connectivity index (χ2n) is 0.707. The molecule has 0 aromatic rings. The number of halogens is 1. The zero-order valence-corrected chi connectivity index (χ0v) is 7.45. The predicted octanol–water partition coefficient (Wildman–Crippen LogP) is 1.21. The van der Waals surface area contributed by atoms with Crippen LogP contribution in [0.3, 0.4) is 0 Å². The largest absolute Gasteiger partial charge is 0.107 e. The molecule has 0 spiro atoms. The van der Waals surface area contributed by atoms with Gasteiger partial charge in [-0.05, 0) is 0 Å². The Kier molecular flexibility index (Phi) is 20.3. The van der Waals surface area contributed by atoms with Gasteiger partial charge in [0.1, 0.15) is 0 Å². The van der Waals surface area contributed by atoms with E-state index in [2.05, 4.69) is 6.92 Å². The molecule has 0 radical (unpaired) electrons. The van der Waals surface area contributed by atoms with Crippen LogP contribution in [0.4, 0.5) is 0 Å². The second kappa shape index (κ2) is 8.83. The van der Waals surface area contributed by atoms with Gasteiger partial charge in [0, 0.05) is 0 Å². The molecule has 0 fully saturated rings. The van der Waals surface area contributed by atoms with Crippen LogP contribution < -0.4 is 0 Å². The van der Waals surface area contributed by atoms with Gasteiger partial charge in [0.15, 0.2) is 0 Å². The van der Waals surface area contributed by atoms with Crippen molar-refractivity contribution in [1.29, 1.82) is 0 Å². The van der Waals surface area contributed by atoms with Crippen molar-refractivity contribution in [1.82, 2.24) is 0 Å². The fourth-order valence-corrected chi connectivity index (χ4v) is 0. The summed E-state index contributed by atoms with van der Waals surface area (Å²) in [5, 5.41) is 0. The van der Waals surface area contributed by atoms with Crippen molar-refractivity contribution in [3.05, 3.63) is 0 Å². The molecule has 0 aromatic heterocycles. The predicted molar refractivity (Wildman–Crippen MR) is 31.6 cm³/mol. The van der Waals surface area contributed by atoms with Crippen LogP contribution in [0.5, 0.6) is 0 Å². The topological polar surface area (TPSA) is 0 Å². The van der Waals surface area contributed by atoms with Gasteiger partial charge in [0.05, 0.1) is 0 Å². The first-order valence-electron chi connectivity index (χ1n) is 1.41. The van der Waals surface area contributed by atoms with E-state index in [1.165, 1.54) is 31.6 Å². The maximum Gasteiger partial charge on any atom is -0.107 e. The van der Waals surface area contributed by atoms with Gasteiger partial charge in [-0.3, -0.25) is 0 Å². The van der Waals surface area contributed by atoms with Gasteiger partial charge in [-0.1, -0.05) is 0 Å². The Hall–Kier alpha value is 1.73. The third-order valence-corrected chi connectivity index (χ3v) is 0. The Morgan fingerprint density at radius 2 is 1.75 bits per heavy atom. The van der Waals surface area contributed by atoms with Gasteiger partial charge in [-0.15, -0.1) is 24.0 Å². The average molecular weight is 180 g/mol. The van der Waals surface area contributed by atoms with Crippen LogP contribution in [-0.4, -0.2) is 27.9 Å². The fraction of sp³-hybridized carbons (Fsp3) is 1.00. The summed E-state index contributed by atoms with van der Waals surface area (Å²) >= 11 is 1.37. The summed E-state index contributed by atoms with van der Waals surface area (Å²) in [4.78, 5) is 0. The van der Waals surface area contributed by atoms with Crippen LogP contribution in [0.15, 0.2) is 0 Å². The SMILES string of the molecule is C[CH2][Na].I.